The summed E-state index contributed by atoms with van der Waals surface area (Å²) in [5.41, 5.74) is 1.92. The molecule has 2 heterocycles. The number of carboxylic acid groups (broad SMARTS) is 1. The van der Waals surface area contributed by atoms with Gasteiger partial charge < -0.3 is 19.1 Å². The maximum Gasteiger partial charge on any atom is 0.328 e. The normalized spacial score (nSPS) is 12.9. The van der Waals surface area contributed by atoms with Crippen LogP contribution in [0.15, 0.2) is 60.8 Å². The largest absolute Gasteiger partial charge is 0.486 e. The van der Waals surface area contributed by atoms with Gasteiger partial charge in [0.25, 0.3) is 0 Å². The van der Waals surface area contributed by atoms with Crippen molar-refractivity contribution in [1.29, 1.82) is 0 Å². The molecule has 1 N–H and O–H groups in total. The number of carbonyl (C=O) groups is 2. The van der Waals surface area contributed by atoms with Crippen LogP contribution in [0.5, 0.6) is 11.5 Å². The van der Waals surface area contributed by atoms with Crippen LogP contribution < -0.4 is 9.47 Å². The van der Waals surface area contributed by atoms with Gasteiger partial charge in [-0.2, -0.15) is 0 Å². The van der Waals surface area contributed by atoms with Gasteiger partial charge in [0.1, 0.15) is 13.2 Å². The lowest BCUT2D eigenvalue weighted by Crippen LogP contribution is -2.18. The third-order valence-electron chi connectivity index (χ3n) is 4.45. The zero-order valence-corrected chi connectivity index (χ0v) is 15.9. The van der Waals surface area contributed by atoms with Gasteiger partial charge in [0, 0.05) is 28.6 Å². The van der Waals surface area contributed by atoms with Crippen molar-refractivity contribution < 1.29 is 24.2 Å². The van der Waals surface area contributed by atoms with E-state index in [4.69, 9.17) is 26.2 Å². The van der Waals surface area contributed by atoms with Crippen molar-refractivity contribution in [3.8, 4) is 17.2 Å². The first kappa shape index (κ1) is 18.8. The fourth-order valence-electron chi connectivity index (χ4n) is 3.20. The Labute approximate surface area is 171 Å². The lowest BCUT2D eigenvalue weighted by Gasteiger charge is -2.21. The lowest BCUT2D eigenvalue weighted by molar-refractivity contribution is -0.131. The van der Waals surface area contributed by atoms with Crippen LogP contribution in [-0.4, -0.2) is 34.6 Å². The molecule has 7 heteroatoms. The van der Waals surface area contributed by atoms with Gasteiger partial charge in [0.15, 0.2) is 17.3 Å². The molecule has 29 heavy (non-hydrogen) atoms. The zero-order chi connectivity index (χ0) is 20.4. The van der Waals surface area contributed by atoms with Gasteiger partial charge in [-0.1, -0.05) is 17.7 Å². The van der Waals surface area contributed by atoms with Crippen LogP contribution in [0.2, 0.25) is 5.02 Å². The second-order valence-electron chi connectivity index (χ2n) is 6.29. The highest BCUT2D eigenvalue weighted by Gasteiger charge is 2.24. The predicted molar refractivity (Wildman–Crippen MR) is 108 cm³/mol. The van der Waals surface area contributed by atoms with Crippen molar-refractivity contribution in [3.63, 3.8) is 0 Å². The Hall–Kier alpha value is -3.51. The van der Waals surface area contributed by atoms with Crippen molar-refractivity contribution in [2.45, 2.75) is 0 Å². The molecule has 2 aromatic carbocycles. The molecular formula is C22H16ClNO5. The van der Waals surface area contributed by atoms with E-state index in [1.54, 1.807) is 59.3 Å². The Morgan fingerprint density at radius 2 is 1.86 bits per heavy atom. The van der Waals surface area contributed by atoms with Gasteiger partial charge in [-0.15, -0.1) is 0 Å². The molecule has 0 radical (unpaired) electrons. The third-order valence-corrected chi connectivity index (χ3v) is 4.69. The topological polar surface area (TPSA) is 77.8 Å². The van der Waals surface area contributed by atoms with Crippen molar-refractivity contribution in [2.75, 3.05) is 13.2 Å². The molecule has 0 spiro atoms. The first-order chi connectivity index (χ1) is 14.0. The van der Waals surface area contributed by atoms with Crippen molar-refractivity contribution in [2.24, 2.45) is 0 Å². The summed E-state index contributed by atoms with van der Waals surface area (Å²) < 4.78 is 13.0. The zero-order valence-electron chi connectivity index (χ0n) is 15.2. The number of rotatable bonds is 5. The number of ether oxygens (including phenoxy) is 2. The average Bonchev–Trinajstić information content (AvgIpc) is 3.19. The molecule has 0 saturated carbocycles. The number of aromatic nitrogens is 1. The molecule has 0 unspecified atom stereocenters. The Kier molecular flexibility index (Phi) is 5.10. The highest BCUT2D eigenvalue weighted by atomic mass is 35.5. The predicted octanol–water partition coefficient (Wildman–Crippen LogP) is 4.23. The Morgan fingerprint density at radius 3 is 2.69 bits per heavy atom. The second kappa shape index (κ2) is 7.85. The lowest BCUT2D eigenvalue weighted by atomic mass is 10.00. The molecule has 0 atom stereocenters. The Morgan fingerprint density at radius 1 is 1.03 bits per heavy atom. The molecule has 4 rings (SSSR count). The summed E-state index contributed by atoms with van der Waals surface area (Å²) >= 11 is 6.19. The standard InChI is InChI=1S/C22H16ClNO5/c23-14-6-8-18(24-10-2-3-15(24)7-9-20(25)26)17(13-14)21(27)16-4-1-5-19-22(16)29-12-11-28-19/h1-10,13H,11-12H2,(H,25,26)/b9-7+. The number of hydrogen-bond acceptors (Lipinski definition) is 4. The highest BCUT2D eigenvalue weighted by Crippen LogP contribution is 2.36. The third kappa shape index (κ3) is 3.75. The molecule has 146 valence electrons. The summed E-state index contributed by atoms with van der Waals surface area (Å²) in [5.74, 6) is -0.394. The Bertz CT molecular complexity index is 1130. The first-order valence-electron chi connectivity index (χ1n) is 8.86. The number of para-hydroxylation sites is 1. The fraction of sp³-hybridized carbons (Fsp3) is 0.0909. The summed E-state index contributed by atoms with van der Waals surface area (Å²) in [4.78, 5) is 24.3. The molecular weight excluding hydrogens is 394 g/mol. The van der Waals surface area contributed by atoms with E-state index in [1.165, 1.54) is 6.08 Å². The van der Waals surface area contributed by atoms with Gasteiger partial charge in [-0.25, -0.2) is 4.79 Å². The molecule has 1 aliphatic rings. The van der Waals surface area contributed by atoms with E-state index in [2.05, 4.69) is 0 Å². The fourth-order valence-corrected chi connectivity index (χ4v) is 3.38. The summed E-state index contributed by atoms with van der Waals surface area (Å²) in [5, 5.41) is 9.33. The first-order valence-corrected chi connectivity index (χ1v) is 9.24. The molecule has 0 fully saturated rings. The van der Waals surface area contributed by atoms with Crippen molar-refractivity contribution in [1.82, 2.24) is 4.57 Å². The van der Waals surface area contributed by atoms with Crippen molar-refractivity contribution >= 4 is 29.4 Å². The van der Waals surface area contributed by atoms with E-state index in [-0.39, 0.29) is 5.78 Å². The molecule has 1 aliphatic heterocycles. The number of halogens is 1. The maximum atomic E-state index is 13.4. The number of benzene rings is 2. The van der Waals surface area contributed by atoms with Crippen LogP contribution in [0.25, 0.3) is 11.8 Å². The minimum atomic E-state index is -1.06. The molecule has 0 saturated heterocycles. The van der Waals surface area contributed by atoms with Gasteiger partial charge in [-0.3, -0.25) is 4.79 Å². The molecule has 0 amide bonds. The summed E-state index contributed by atoms with van der Waals surface area (Å²) in [6.45, 7) is 0.789. The quantitative estimate of drug-likeness (QED) is 0.504. The summed E-state index contributed by atoms with van der Waals surface area (Å²) in [7, 11) is 0. The Balaban J connectivity index is 1.83. The molecule has 1 aromatic heterocycles. The SMILES string of the molecule is O=C(O)/C=C/c1cccn1-c1ccc(Cl)cc1C(=O)c1cccc2c1OCCO2. The highest BCUT2D eigenvalue weighted by molar-refractivity contribution is 6.31. The number of nitrogens with zero attached hydrogens (tertiary/aromatic N) is 1. The molecule has 0 bridgehead atoms. The van der Waals surface area contributed by atoms with E-state index in [0.717, 1.165) is 6.08 Å². The van der Waals surface area contributed by atoms with Crippen LogP contribution in [-0.2, 0) is 4.79 Å². The van der Waals surface area contributed by atoms with Gasteiger partial charge in [0.05, 0.1) is 11.3 Å². The van der Waals surface area contributed by atoms with Crippen molar-refractivity contribution in [3.05, 3.63) is 82.6 Å². The molecule has 6 nitrogen and oxygen atoms in total. The number of ketones is 1. The molecule has 3 aromatic rings. The van der Waals surface area contributed by atoms with E-state index >= 15 is 0 Å². The number of carbonyl (C=O) groups excluding carboxylic acids is 1. The van der Waals surface area contributed by atoms with Crippen LogP contribution >= 0.6 is 11.6 Å². The van der Waals surface area contributed by atoms with Crippen LogP contribution in [0.3, 0.4) is 0 Å². The molecule has 0 aliphatic carbocycles. The van der Waals surface area contributed by atoms with Gasteiger partial charge >= 0.3 is 5.97 Å². The number of fused-ring (bicyclic) bond motifs is 1. The summed E-state index contributed by atoms with van der Waals surface area (Å²) in [6.07, 6.45) is 4.26. The van der Waals surface area contributed by atoms with Crippen LogP contribution in [0, 0.1) is 0 Å². The smallest absolute Gasteiger partial charge is 0.328 e. The number of hydrogen-bond donors (Lipinski definition) is 1. The average molecular weight is 410 g/mol. The summed E-state index contributed by atoms with van der Waals surface area (Å²) in [6, 6.07) is 13.7. The number of carboxylic acids is 1. The van der Waals surface area contributed by atoms with Crippen LogP contribution in [0.4, 0.5) is 0 Å². The van der Waals surface area contributed by atoms with Crippen LogP contribution in [0.1, 0.15) is 21.6 Å². The minimum absolute atomic E-state index is 0.272. The van der Waals surface area contributed by atoms with E-state index in [9.17, 15) is 9.59 Å². The van der Waals surface area contributed by atoms with Gasteiger partial charge in [0.2, 0.25) is 0 Å². The monoisotopic (exact) mass is 409 g/mol. The maximum absolute atomic E-state index is 13.4. The van der Waals surface area contributed by atoms with Gasteiger partial charge in [-0.05, 0) is 48.5 Å². The second-order valence-corrected chi connectivity index (χ2v) is 6.73. The van der Waals surface area contributed by atoms with E-state index in [1.807, 2.05) is 0 Å². The van der Waals surface area contributed by atoms with E-state index in [0.29, 0.717) is 52.2 Å². The van der Waals surface area contributed by atoms with E-state index < -0.39 is 5.97 Å². The minimum Gasteiger partial charge on any atom is -0.486 e. The number of aliphatic carboxylic acids is 1.